The number of hydrogen-bond donors (Lipinski definition) is 0. The second-order valence-electron chi connectivity index (χ2n) is 1.60. The van der Waals surface area contributed by atoms with Crippen LogP contribution in [-0.4, -0.2) is 18.0 Å². The van der Waals surface area contributed by atoms with Crippen molar-refractivity contribution in [3.05, 3.63) is 12.7 Å². The molecule has 0 rings (SSSR count). The van der Waals surface area contributed by atoms with Crippen LogP contribution in [-0.2, 0) is 14.3 Å². The van der Waals surface area contributed by atoms with Gasteiger partial charge in [-0.1, -0.05) is 6.58 Å². The molecule has 56 valence electrons. The van der Waals surface area contributed by atoms with Crippen molar-refractivity contribution in [2.45, 2.75) is 13.0 Å². The Kier molecular flexibility index (Phi) is 7.72. The van der Waals surface area contributed by atoms with E-state index in [2.05, 4.69) is 11.3 Å². The molecule has 0 saturated heterocycles. The second-order valence-corrected chi connectivity index (χ2v) is 1.60. The van der Waals surface area contributed by atoms with Gasteiger partial charge >= 0.3 is 35.5 Å². The molecule has 0 aromatic heterocycles. The van der Waals surface area contributed by atoms with E-state index in [1.54, 1.807) is 0 Å². The first-order chi connectivity index (χ1) is 4.57. The predicted molar refractivity (Wildman–Crippen MR) is 30.8 cm³/mol. The average Bonchev–Trinajstić information content (AvgIpc) is 1.87. The molecule has 0 aromatic carbocycles. The van der Waals surface area contributed by atoms with Crippen molar-refractivity contribution in [2.75, 3.05) is 0 Å². The monoisotopic (exact) mass is 166 g/mol. The molecule has 0 saturated carbocycles. The molecule has 0 spiro atoms. The van der Waals surface area contributed by atoms with Gasteiger partial charge in [-0.2, -0.15) is 0 Å². The van der Waals surface area contributed by atoms with Gasteiger partial charge in [0, 0.05) is 6.08 Å². The maximum atomic E-state index is 10.3. The van der Waals surface area contributed by atoms with Gasteiger partial charge in [0.1, 0.15) is 6.10 Å². The molecule has 0 aliphatic carbocycles. The van der Waals surface area contributed by atoms with E-state index in [-0.39, 0.29) is 29.6 Å². The fourth-order valence-electron chi connectivity index (χ4n) is 0.270. The van der Waals surface area contributed by atoms with Crippen LogP contribution in [0.1, 0.15) is 6.92 Å². The summed E-state index contributed by atoms with van der Waals surface area (Å²) < 4.78 is 4.24. The third-order valence-corrected chi connectivity index (χ3v) is 0.792. The molecule has 0 aliphatic rings. The quantitative estimate of drug-likeness (QED) is 0.242. The second kappa shape index (κ2) is 6.39. The van der Waals surface area contributed by atoms with Crippen LogP contribution >= 0.6 is 0 Å². The van der Waals surface area contributed by atoms with Crippen LogP contribution in [0.5, 0.6) is 0 Å². The molecule has 11 heavy (non-hydrogen) atoms. The van der Waals surface area contributed by atoms with Crippen LogP contribution in [0.3, 0.4) is 0 Å². The van der Waals surface area contributed by atoms with Crippen LogP contribution in [0.2, 0.25) is 0 Å². The minimum Gasteiger partial charge on any atom is -0.546 e. The number of carboxylic acids is 1. The van der Waals surface area contributed by atoms with E-state index in [1.807, 2.05) is 0 Å². The van der Waals surface area contributed by atoms with Crippen LogP contribution < -0.4 is 34.7 Å². The van der Waals surface area contributed by atoms with Gasteiger partial charge in [-0.15, -0.1) is 0 Å². The summed E-state index contributed by atoms with van der Waals surface area (Å²) in [6.07, 6.45) is -0.329. The van der Waals surface area contributed by atoms with Crippen LogP contribution in [0.4, 0.5) is 0 Å². The Morgan fingerprint density at radius 3 is 2.36 bits per heavy atom. The summed E-state index contributed by atoms with van der Waals surface area (Å²) in [5.74, 6) is -2.19. The SMILES string of the molecule is C=CC(=O)OC(C)C(=O)[O-].[Na+]. The molecule has 0 radical (unpaired) electrons. The number of carboxylic acid groups (broad SMARTS) is 1. The summed E-state index contributed by atoms with van der Waals surface area (Å²) in [6.45, 7) is 4.29. The van der Waals surface area contributed by atoms with Gasteiger partial charge < -0.3 is 14.6 Å². The van der Waals surface area contributed by atoms with Crippen molar-refractivity contribution in [2.24, 2.45) is 0 Å². The van der Waals surface area contributed by atoms with Crippen molar-refractivity contribution >= 4 is 11.9 Å². The Morgan fingerprint density at radius 1 is 1.64 bits per heavy atom. The minimum atomic E-state index is -1.42. The molecular formula is C6H7NaO4. The maximum absolute atomic E-state index is 10.3. The van der Waals surface area contributed by atoms with Gasteiger partial charge in [0.25, 0.3) is 0 Å². The van der Waals surface area contributed by atoms with E-state index in [4.69, 9.17) is 0 Å². The molecule has 0 amide bonds. The number of hydrogen-bond acceptors (Lipinski definition) is 4. The van der Waals surface area contributed by atoms with Crippen molar-refractivity contribution in [3.63, 3.8) is 0 Å². The number of esters is 1. The van der Waals surface area contributed by atoms with Crippen LogP contribution in [0, 0.1) is 0 Å². The van der Waals surface area contributed by atoms with E-state index in [0.29, 0.717) is 0 Å². The Bertz CT molecular complexity index is 166. The zero-order valence-electron chi connectivity index (χ0n) is 6.49. The van der Waals surface area contributed by atoms with Crippen molar-refractivity contribution in [1.82, 2.24) is 0 Å². The summed E-state index contributed by atoms with van der Waals surface area (Å²) in [4.78, 5) is 20.2. The number of rotatable bonds is 3. The standard InChI is InChI=1S/C6H8O4.Na/c1-3-5(7)10-4(2)6(8)9;/h3-4H,1H2,2H3,(H,8,9);/q;+1/p-1. The Morgan fingerprint density at radius 2 is 2.09 bits per heavy atom. The van der Waals surface area contributed by atoms with Gasteiger partial charge in [-0.25, -0.2) is 4.79 Å². The van der Waals surface area contributed by atoms with Crippen molar-refractivity contribution in [3.8, 4) is 0 Å². The summed E-state index contributed by atoms with van der Waals surface area (Å²) in [6, 6.07) is 0. The third-order valence-electron chi connectivity index (χ3n) is 0.792. The van der Waals surface area contributed by atoms with Crippen molar-refractivity contribution < 1.29 is 49.0 Å². The zero-order chi connectivity index (χ0) is 8.15. The van der Waals surface area contributed by atoms with Crippen molar-refractivity contribution in [1.29, 1.82) is 0 Å². The van der Waals surface area contributed by atoms with Gasteiger partial charge in [0.15, 0.2) is 0 Å². The van der Waals surface area contributed by atoms with Crippen LogP contribution in [0.25, 0.3) is 0 Å². The van der Waals surface area contributed by atoms with E-state index in [1.165, 1.54) is 6.92 Å². The molecule has 4 nitrogen and oxygen atoms in total. The van der Waals surface area contributed by atoms with Gasteiger partial charge in [-0.3, -0.25) is 0 Å². The zero-order valence-corrected chi connectivity index (χ0v) is 8.49. The first-order valence-corrected chi connectivity index (χ1v) is 2.62. The molecule has 0 aliphatic heterocycles. The molecular weight excluding hydrogens is 159 g/mol. The summed E-state index contributed by atoms with van der Waals surface area (Å²) in [5.41, 5.74) is 0. The normalized spacial score (nSPS) is 10.6. The summed E-state index contributed by atoms with van der Waals surface area (Å²) >= 11 is 0. The van der Waals surface area contributed by atoms with Gasteiger partial charge in [-0.05, 0) is 6.92 Å². The smallest absolute Gasteiger partial charge is 0.546 e. The Labute approximate surface area is 86.5 Å². The molecule has 0 aromatic rings. The largest absolute Gasteiger partial charge is 1.00 e. The number of ether oxygens (including phenoxy) is 1. The molecule has 0 bridgehead atoms. The molecule has 0 N–H and O–H groups in total. The van der Waals surface area contributed by atoms with E-state index in [0.717, 1.165) is 6.08 Å². The summed E-state index contributed by atoms with van der Waals surface area (Å²) in [5, 5.41) is 9.93. The first kappa shape index (κ1) is 13.3. The number of carbonyl (C=O) groups is 2. The number of aliphatic carboxylic acids is 1. The maximum Gasteiger partial charge on any atom is 1.00 e. The number of carbonyl (C=O) groups excluding carboxylic acids is 2. The molecule has 1 atom stereocenters. The average molecular weight is 166 g/mol. The third kappa shape index (κ3) is 6.09. The van der Waals surface area contributed by atoms with Gasteiger partial charge in [0.2, 0.25) is 0 Å². The Balaban J connectivity index is 0. The molecule has 0 heterocycles. The molecule has 5 heteroatoms. The fraction of sp³-hybridized carbons (Fsp3) is 0.333. The van der Waals surface area contributed by atoms with E-state index < -0.39 is 18.0 Å². The summed E-state index contributed by atoms with van der Waals surface area (Å²) in [7, 11) is 0. The fourth-order valence-corrected chi connectivity index (χ4v) is 0.270. The van der Waals surface area contributed by atoms with Crippen LogP contribution in [0.15, 0.2) is 12.7 Å². The Hall–Kier alpha value is -0.320. The van der Waals surface area contributed by atoms with E-state index in [9.17, 15) is 14.7 Å². The first-order valence-electron chi connectivity index (χ1n) is 2.62. The van der Waals surface area contributed by atoms with E-state index >= 15 is 0 Å². The minimum absolute atomic E-state index is 0. The predicted octanol–water partition coefficient (Wildman–Crippen LogP) is -4.14. The molecule has 1 unspecified atom stereocenters. The topological polar surface area (TPSA) is 66.4 Å². The molecule has 0 fully saturated rings. The van der Waals surface area contributed by atoms with Gasteiger partial charge in [0.05, 0.1) is 5.97 Å².